The second-order valence-electron chi connectivity index (χ2n) is 3.97. The van der Waals surface area contributed by atoms with Gasteiger partial charge in [0.25, 0.3) is 5.91 Å². The van der Waals surface area contributed by atoms with Crippen LogP contribution >= 0.6 is 12.2 Å². The van der Waals surface area contributed by atoms with Crippen LogP contribution in [0, 0.1) is 0 Å². The minimum atomic E-state index is -0.241. The number of hydrogen-bond donors (Lipinski definition) is 3. The maximum Gasteiger partial charge on any atom is 0.251 e. The molecule has 3 N–H and O–H groups in total. The fourth-order valence-corrected chi connectivity index (χ4v) is 1.66. The number of amides is 2. The van der Waals surface area contributed by atoms with Gasteiger partial charge in [0.2, 0.25) is 5.91 Å². The van der Waals surface area contributed by atoms with Gasteiger partial charge in [-0.05, 0) is 36.8 Å². The van der Waals surface area contributed by atoms with E-state index < -0.39 is 0 Å². The summed E-state index contributed by atoms with van der Waals surface area (Å²) in [7, 11) is 0. The second kappa shape index (κ2) is 7.48. The van der Waals surface area contributed by atoms with Crippen molar-refractivity contribution in [2.24, 2.45) is 0 Å². The van der Waals surface area contributed by atoms with Crippen molar-refractivity contribution >= 4 is 34.8 Å². The van der Waals surface area contributed by atoms with E-state index in [0.717, 1.165) is 6.42 Å². The number of benzene rings is 1. The first kappa shape index (κ1) is 15.1. The topological polar surface area (TPSA) is 70.2 Å². The Hall–Kier alpha value is -1.95. The predicted molar refractivity (Wildman–Crippen MR) is 79.1 cm³/mol. The Morgan fingerprint density at radius 3 is 2.68 bits per heavy atom. The van der Waals surface area contributed by atoms with Crippen LogP contribution < -0.4 is 16.0 Å². The van der Waals surface area contributed by atoms with E-state index in [0.29, 0.717) is 17.8 Å². The summed E-state index contributed by atoms with van der Waals surface area (Å²) in [6.45, 7) is 4.01. The standard InChI is InChI=1S/C13H17N3O2S/c1-3-7-14-12(18)10-5-4-6-11(8-10)16-13(19)15-9(2)17/h4-6,8H,3,7H2,1-2H3,(H,14,18)(H2,15,16,17,19). The van der Waals surface area contributed by atoms with Gasteiger partial charge >= 0.3 is 0 Å². The van der Waals surface area contributed by atoms with Gasteiger partial charge in [-0.3, -0.25) is 9.59 Å². The average Bonchev–Trinajstić information content (AvgIpc) is 2.35. The van der Waals surface area contributed by atoms with Crippen LogP contribution in [-0.4, -0.2) is 23.5 Å². The molecule has 0 aliphatic carbocycles. The number of thiocarbonyl (C=S) groups is 1. The highest BCUT2D eigenvalue weighted by molar-refractivity contribution is 7.80. The van der Waals surface area contributed by atoms with Crippen molar-refractivity contribution in [1.82, 2.24) is 10.6 Å². The van der Waals surface area contributed by atoms with E-state index in [4.69, 9.17) is 12.2 Å². The number of carbonyl (C=O) groups is 2. The molecular formula is C13H17N3O2S. The van der Waals surface area contributed by atoms with E-state index in [1.807, 2.05) is 6.92 Å². The van der Waals surface area contributed by atoms with Gasteiger partial charge in [0.1, 0.15) is 0 Å². The highest BCUT2D eigenvalue weighted by Gasteiger charge is 2.06. The molecule has 0 aromatic heterocycles. The Kier molecular flexibility index (Phi) is 5.95. The first-order valence-corrected chi connectivity index (χ1v) is 6.40. The molecule has 0 spiro atoms. The Morgan fingerprint density at radius 1 is 1.32 bits per heavy atom. The zero-order valence-electron chi connectivity index (χ0n) is 10.9. The molecule has 0 radical (unpaired) electrons. The monoisotopic (exact) mass is 279 g/mol. The SMILES string of the molecule is CCCNC(=O)c1cccc(NC(=S)NC(C)=O)c1. The predicted octanol–water partition coefficient (Wildman–Crippen LogP) is 1.66. The molecule has 0 aliphatic rings. The van der Waals surface area contributed by atoms with E-state index in [-0.39, 0.29) is 16.9 Å². The lowest BCUT2D eigenvalue weighted by Crippen LogP contribution is -2.32. The largest absolute Gasteiger partial charge is 0.352 e. The van der Waals surface area contributed by atoms with Gasteiger partial charge in [-0.25, -0.2) is 0 Å². The Labute approximate surface area is 117 Å². The van der Waals surface area contributed by atoms with Crippen molar-refractivity contribution in [1.29, 1.82) is 0 Å². The molecule has 1 aromatic carbocycles. The van der Waals surface area contributed by atoms with Crippen molar-refractivity contribution in [3.05, 3.63) is 29.8 Å². The molecule has 0 saturated heterocycles. The van der Waals surface area contributed by atoms with E-state index in [9.17, 15) is 9.59 Å². The van der Waals surface area contributed by atoms with Crippen LogP contribution in [0.15, 0.2) is 24.3 Å². The first-order valence-electron chi connectivity index (χ1n) is 5.99. The lowest BCUT2D eigenvalue weighted by Gasteiger charge is -2.09. The molecule has 102 valence electrons. The zero-order chi connectivity index (χ0) is 14.3. The first-order chi connectivity index (χ1) is 9.02. The van der Waals surface area contributed by atoms with Crippen LogP contribution in [0.25, 0.3) is 0 Å². The van der Waals surface area contributed by atoms with Crippen molar-refractivity contribution in [3.63, 3.8) is 0 Å². The molecule has 0 bridgehead atoms. The van der Waals surface area contributed by atoms with Gasteiger partial charge < -0.3 is 16.0 Å². The molecule has 0 heterocycles. The maximum absolute atomic E-state index is 11.8. The summed E-state index contributed by atoms with van der Waals surface area (Å²) in [5, 5.41) is 8.30. The molecule has 0 saturated carbocycles. The van der Waals surface area contributed by atoms with Crippen LogP contribution in [0.3, 0.4) is 0 Å². The lowest BCUT2D eigenvalue weighted by atomic mass is 10.2. The van der Waals surface area contributed by atoms with E-state index >= 15 is 0 Å². The van der Waals surface area contributed by atoms with Gasteiger partial charge in [-0.1, -0.05) is 13.0 Å². The van der Waals surface area contributed by atoms with Gasteiger partial charge in [0.15, 0.2) is 5.11 Å². The highest BCUT2D eigenvalue weighted by Crippen LogP contribution is 2.10. The molecule has 5 nitrogen and oxygen atoms in total. The summed E-state index contributed by atoms with van der Waals surface area (Å²) in [5.74, 6) is -0.370. The molecular weight excluding hydrogens is 262 g/mol. The van der Waals surface area contributed by atoms with Crippen LogP contribution in [0.1, 0.15) is 30.6 Å². The number of anilines is 1. The second-order valence-corrected chi connectivity index (χ2v) is 4.38. The molecule has 19 heavy (non-hydrogen) atoms. The van der Waals surface area contributed by atoms with Crippen LogP contribution in [0.5, 0.6) is 0 Å². The summed E-state index contributed by atoms with van der Waals surface area (Å²) in [6, 6.07) is 6.92. The molecule has 0 fully saturated rings. The number of hydrogen-bond acceptors (Lipinski definition) is 3. The van der Waals surface area contributed by atoms with Gasteiger partial charge in [-0.15, -0.1) is 0 Å². The Morgan fingerprint density at radius 2 is 2.05 bits per heavy atom. The molecule has 2 amide bonds. The Bertz CT molecular complexity index is 489. The number of carbonyl (C=O) groups excluding carboxylic acids is 2. The summed E-state index contributed by atoms with van der Waals surface area (Å²) < 4.78 is 0. The smallest absolute Gasteiger partial charge is 0.251 e. The number of rotatable bonds is 4. The fraction of sp³-hybridized carbons (Fsp3) is 0.308. The van der Waals surface area contributed by atoms with E-state index in [2.05, 4.69) is 16.0 Å². The van der Waals surface area contributed by atoms with Gasteiger partial charge in [0.05, 0.1) is 0 Å². The van der Waals surface area contributed by atoms with Crippen molar-refractivity contribution in [2.45, 2.75) is 20.3 Å². The molecule has 1 aromatic rings. The molecule has 0 atom stereocenters. The molecule has 0 unspecified atom stereocenters. The third-order valence-corrected chi connectivity index (χ3v) is 2.41. The van der Waals surface area contributed by atoms with Crippen LogP contribution in [0.4, 0.5) is 5.69 Å². The van der Waals surface area contributed by atoms with Crippen LogP contribution in [0.2, 0.25) is 0 Å². The fourth-order valence-electron chi connectivity index (χ4n) is 1.40. The van der Waals surface area contributed by atoms with Crippen molar-refractivity contribution in [2.75, 3.05) is 11.9 Å². The Balaban J connectivity index is 2.69. The summed E-state index contributed by atoms with van der Waals surface area (Å²) in [4.78, 5) is 22.6. The summed E-state index contributed by atoms with van der Waals surface area (Å²) >= 11 is 4.95. The third kappa shape index (κ3) is 5.48. The maximum atomic E-state index is 11.8. The highest BCUT2D eigenvalue weighted by atomic mass is 32.1. The minimum absolute atomic E-state index is 0.129. The van der Waals surface area contributed by atoms with Gasteiger partial charge in [-0.2, -0.15) is 0 Å². The molecule has 6 heteroatoms. The molecule has 1 rings (SSSR count). The lowest BCUT2D eigenvalue weighted by molar-refractivity contribution is -0.117. The number of nitrogens with one attached hydrogen (secondary N) is 3. The van der Waals surface area contributed by atoms with E-state index in [1.54, 1.807) is 24.3 Å². The zero-order valence-corrected chi connectivity index (χ0v) is 11.8. The van der Waals surface area contributed by atoms with Crippen molar-refractivity contribution in [3.8, 4) is 0 Å². The summed E-state index contributed by atoms with van der Waals surface area (Å²) in [6.07, 6.45) is 0.885. The third-order valence-electron chi connectivity index (χ3n) is 2.21. The molecule has 0 aliphatic heterocycles. The minimum Gasteiger partial charge on any atom is -0.352 e. The van der Waals surface area contributed by atoms with Gasteiger partial charge in [0, 0.05) is 24.7 Å². The average molecular weight is 279 g/mol. The van der Waals surface area contributed by atoms with Crippen molar-refractivity contribution < 1.29 is 9.59 Å². The van der Waals surface area contributed by atoms with E-state index in [1.165, 1.54) is 6.92 Å². The van der Waals surface area contributed by atoms with Crippen LogP contribution in [-0.2, 0) is 4.79 Å². The normalized spacial score (nSPS) is 9.58. The quantitative estimate of drug-likeness (QED) is 0.733. The summed E-state index contributed by atoms with van der Waals surface area (Å²) in [5.41, 5.74) is 1.20.